The van der Waals surface area contributed by atoms with Crippen LogP contribution in [0.15, 0.2) is 0 Å². The first-order valence-corrected chi connectivity index (χ1v) is 7.58. The number of hydrogen-bond acceptors (Lipinski definition) is 6. The van der Waals surface area contributed by atoms with Crippen LogP contribution in [0.25, 0.3) is 0 Å². The van der Waals surface area contributed by atoms with Crippen molar-refractivity contribution >= 4 is 0 Å². The predicted molar refractivity (Wildman–Crippen MR) is 77.4 cm³/mol. The fourth-order valence-electron chi connectivity index (χ4n) is 1.96. The van der Waals surface area contributed by atoms with Gasteiger partial charge in [-0.15, -0.1) is 0 Å². The van der Waals surface area contributed by atoms with Gasteiger partial charge in [-0.25, -0.2) is 0 Å². The summed E-state index contributed by atoms with van der Waals surface area (Å²) in [6.07, 6.45) is 1.45. The number of aliphatic hydroxyl groups excluding tert-OH is 5. The van der Waals surface area contributed by atoms with Crippen LogP contribution < -0.4 is 5.32 Å². The summed E-state index contributed by atoms with van der Waals surface area (Å²) < 4.78 is 0. The van der Waals surface area contributed by atoms with Crippen LogP contribution in [0.5, 0.6) is 0 Å². The van der Waals surface area contributed by atoms with Crippen molar-refractivity contribution in [2.75, 3.05) is 19.7 Å². The topological polar surface area (TPSA) is 113 Å². The molecule has 0 saturated carbocycles. The molecular formula is C14H31NO5. The maximum absolute atomic E-state index is 9.64. The molecule has 0 aliphatic heterocycles. The number of nitrogens with one attached hydrogen (secondary N) is 1. The van der Waals surface area contributed by atoms with E-state index in [4.69, 9.17) is 10.2 Å². The van der Waals surface area contributed by atoms with Crippen molar-refractivity contribution in [1.29, 1.82) is 0 Å². The second-order valence-electron chi connectivity index (χ2n) is 5.27. The van der Waals surface area contributed by atoms with E-state index in [-0.39, 0.29) is 6.54 Å². The van der Waals surface area contributed by atoms with E-state index in [9.17, 15) is 15.3 Å². The average molecular weight is 293 g/mol. The van der Waals surface area contributed by atoms with Crippen molar-refractivity contribution in [2.24, 2.45) is 0 Å². The van der Waals surface area contributed by atoms with Crippen LogP contribution in [-0.2, 0) is 0 Å². The number of rotatable bonds is 13. The summed E-state index contributed by atoms with van der Waals surface area (Å²) in [5.41, 5.74) is 0. The molecule has 0 fully saturated rings. The summed E-state index contributed by atoms with van der Waals surface area (Å²) >= 11 is 0. The maximum Gasteiger partial charge on any atom is 0.111 e. The molecule has 0 saturated heterocycles. The molecule has 4 atom stereocenters. The van der Waals surface area contributed by atoms with E-state index in [1.807, 2.05) is 0 Å². The SMILES string of the molecule is CCCCCCCCNC[C@H](O)C(O)[C@H](O)[C@H](O)CO. The molecule has 0 amide bonds. The number of hydrogen-bond donors (Lipinski definition) is 6. The molecule has 0 aliphatic carbocycles. The van der Waals surface area contributed by atoms with Crippen molar-refractivity contribution in [2.45, 2.75) is 69.9 Å². The molecule has 1 unspecified atom stereocenters. The molecule has 0 rings (SSSR count). The van der Waals surface area contributed by atoms with Crippen LogP contribution in [0.2, 0.25) is 0 Å². The molecule has 0 aromatic carbocycles. The van der Waals surface area contributed by atoms with Crippen molar-refractivity contribution in [1.82, 2.24) is 5.32 Å². The zero-order valence-corrected chi connectivity index (χ0v) is 12.4. The Morgan fingerprint density at radius 1 is 0.800 bits per heavy atom. The molecule has 0 radical (unpaired) electrons. The Labute approximate surface area is 121 Å². The number of aliphatic hydroxyl groups is 5. The zero-order valence-electron chi connectivity index (χ0n) is 12.4. The van der Waals surface area contributed by atoms with Gasteiger partial charge in [0.05, 0.1) is 12.7 Å². The third kappa shape index (κ3) is 8.84. The molecule has 0 aromatic rings. The van der Waals surface area contributed by atoms with E-state index < -0.39 is 31.0 Å². The lowest BCUT2D eigenvalue weighted by atomic mass is 10.0. The lowest BCUT2D eigenvalue weighted by Gasteiger charge is -2.25. The van der Waals surface area contributed by atoms with E-state index in [0.717, 1.165) is 19.4 Å². The van der Waals surface area contributed by atoms with Crippen LogP contribution in [0.3, 0.4) is 0 Å². The van der Waals surface area contributed by atoms with Crippen LogP contribution >= 0.6 is 0 Å². The van der Waals surface area contributed by atoms with E-state index in [0.29, 0.717) is 0 Å². The van der Waals surface area contributed by atoms with Crippen molar-refractivity contribution in [3.05, 3.63) is 0 Å². The first-order valence-electron chi connectivity index (χ1n) is 7.58. The van der Waals surface area contributed by atoms with Crippen molar-refractivity contribution in [3.63, 3.8) is 0 Å². The molecule has 0 heterocycles. The third-order valence-electron chi connectivity index (χ3n) is 3.39. The average Bonchev–Trinajstić information content (AvgIpc) is 2.47. The Kier molecular flexibility index (Phi) is 12.3. The van der Waals surface area contributed by atoms with Gasteiger partial charge in [0.15, 0.2) is 0 Å². The van der Waals surface area contributed by atoms with Gasteiger partial charge in [-0.1, -0.05) is 39.0 Å². The van der Waals surface area contributed by atoms with Crippen LogP contribution in [0.4, 0.5) is 0 Å². The lowest BCUT2D eigenvalue weighted by Crippen LogP contribution is -2.49. The third-order valence-corrected chi connectivity index (χ3v) is 3.39. The summed E-state index contributed by atoms with van der Waals surface area (Å²) in [7, 11) is 0. The minimum atomic E-state index is -1.55. The Balaban J connectivity index is 3.59. The fourth-order valence-corrected chi connectivity index (χ4v) is 1.96. The van der Waals surface area contributed by atoms with Crippen molar-refractivity contribution < 1.29 is 25.5 Å². The first kappa shape index (κ1) is 19.8. The lowest BCUT2D eigenvalue weighted by molar-refractivity contribution is -0.113. The number of unbranched alkanes of at least 4 members (excludes halogenated alkanes) is 5. The minimum Gasteiger partial charge on any atom is -0.394 e. The summed E-state index contributed by atoms with van der Waals surface area (Å²) in [5, 5.41) is 49.5. The van der Waals surface area contributed by atoms with Gasteiger partial charge in [0.1, 0.15) is 18.3 Å². The monoisotopic (exact) mass is 293 g/mol. The molecule has 20 heavy (non-hydrogen) atoms. The van der Waals surface area contributed by atoms with E-state index in [1.54, 1.807) is 0 Å². The molecule has 0 aliphatic rings. The highest BCUT2D eigenvalue weighted by Crippen LogP contribution is 2.06. The molecule has 0 bridgehead atoms. The minimum absolute atomic E-state index is 0.144. The normalized spacial score (nSPS) is 17.7. The summed E-state index contributed by atoms with van der Waals surface area (Å²) in [6, 6.07) is 0. The molecule has 122 valence electrons. The second kappa shape index (κ2) is 12.5. The molecular weight excluding hydrogens is 262 g/mol. The molecule has 6 nitrogen and oxygen atoms in total. The second-order valence-corrected chi connectivity index (χ2v) is 5.27. The standard InChI is InChI=1S/C14H31NO5/c1-2-3-4-5-6-7-8-15-9-11(17)13(19)14(20)12(18)10-16/h11-20H,2-10H2,1H3/t11-,12+,13?,14+/m0/s1. The van der Waals surface area contributed by atoms with Gasteiger partial charge in [-0.05, 0) is 13.0 Å². The van der Waals surface area contributed by atoms with Gasteiger partial charge in [0, 0.05) is 6.54 Å². The fraction of sp³-hybridized carbons (Fsp3) is 1.00. The van der Waals surface area contributed by atoms with E-state index in [1.165, 1.54) is 25.7 Å². The predicted octanol–water partition coefficient (Wildman–Crippen LogP) is -0.628. The van der Waals surface area contributed by atoms with E-state index >= 15 is 0 Å². The zero-order chi connectivity index (χ0) is 15.4. The Morgan fingerprint density at radius 3 is 1.95 bits per heavy atom. The van der Waals surface area contributed by atoms with E-state index in [2.05, 4.69) is 12.2 Å². The molecule has 0 spiro atoms. The quantitative estimate of drug-likeness (QED) is 0.252. The van der Waals surface area contributed by atoms with Gasteiger partial charge in [-0.2, -0.15) is 0 Å². The Bertz CT molecular complexity index is 218. The van der Waals surface area contributed by atoms with Gasteiger partial charge in [0.2, 0.25) is 0 Å². The highest BCUT2D eigenvalue weighted by molar-refractivity contribution is 4.81. The van der Waals surface area contributed by atoms with Gasteiger partial charge in [0.25, 0.3) is 0 Å². The van der Waals surface area contributed by atoms with Crippen LogP contribution in [0, 0.1) is 0 Å². The summed E-state index contributed by atoms with van der Waals surface area (Å²) in [5.74, 6) is 0. The molecule has 6 heteroatoms. The Hall–Kier alpha value is -0.240. The molecule has 6 N–H and O–H groups in total. The van der Waals surface area contributed by atoms with Crippen LogP contribution in [0.1, 0.15) is 45.4 Å². The first-order chi connectivity index (χ1) is 9.54. The molecule has 0 aromatic heterocycles. The largest absolute Gasteiger partial charge is 0.394 e. The summed E-state index contributed by atoms with van der Waals surface area (Å²) in [6.45, 7) is 2.41. The smallest absolute Gasteiger partial charge is 0.111 e. The Morgan fingerprint density at radius 2 is 1.35 bits per heavy atom. The van der Waals surface area contributed by atoms with Gasteiger partial charge < -0.3 is 30.8 Å². The maximum atomic E-state index is 9.64. The highest BCUT2D eigenvalue weighted by Gasteiger charge is 2.29. The highest BCUT2D eigenvalue weighted by atomic mass is 16.4. The van der Waals surface area contributed by atoms with Gasteiger partial charge >= 0.3 is 0 Å². The van der Waals surface area contributed by atoms with Crippen molar-refractivity contribution in [3.8, 4) is 0 Å². The van der Waals surface area contributed by atoms with Gasteiger partial charge in [-0.3, -0.25) is 0 Å². The summed E-state index contributed by atoms with van der Waals surface area (Å²) in [4.78, 5) is 0. The van der Waals surface area contributed by atoms with Crippen LogP contribution in [-0.4, -0.2) is 69.6 Å².